The Hall–Kier alpha value is -1.35. The van der Waals surface area contributed by atoms with Gasteiger partial charge in [-0.25, -0.2) is 18.1 Å². The van der Waals surface area contributed by atoms with Crippen LogP contribution in [0, 0.1) is 0 Å². The third-order valence-electron chi connectivity index (χ3n) is 2.19. The van der Waals surface area contributed by atoms with Crippen molar-refractivity contribution >= 4 is 15.7 Å². The number of rotatable bonds is 5. The Morgan fingerprint density at radius 1 is 1.42 bits per heavy atom. The number of aromatic nitrogens is 1. The molecule has 0 aliphatic heterocycles. The SMILES string of the molecule is CNc1cccnc1S(=O)(=O)NC(C)CC(F)(F)F. The fourth-order valence-corrected chi connectivity index (χ4v) is 2.89. The molecule has 2 N–H and O–H groups in total. The number of sulfonamides is 1. The topological polar surface area (TPSA) is 71.1 Å². The van der Waals surface area contributed by atoms with E-state index in [0.29, 0.717) is 0 Å². The molecule has 108 valence electrons. The summed E-state index contributed by atoms with van der Waals surface area (Å²) in [5.41, 5.74) is 0.217. The summed E-state index contributed by atoms with van der Waals surface area (Å²) in [6.45, 7) is 1.15. The first kappa shape index (κ1) is 15.7. The van der Waals surface area contributed by atoms with E-state index in [-0.39, 0.29) is 10.7 Å². The van der Waals surface area contributed by atoms with Gasteiger partial charge in [0.2, 0.25) is 0 Å². The summed E-state index contributed by atoms with van der Waals surface area (Å²) >= 11 is 0. The average molecular weight is 297 g/mol. The van der Waals surface area contributed by atoms with Gasteiger partial charge in [-0.15, -0.1) is 0 Å². The van der Waals surface area contributed by atoms with Gasteiger partial charge in [0.15, 0.2) is 5.03 Å². The molecule has 0 radical (unpaired) electrons. The number of pyridine rings is 1. The number of hydrogen-bond acceptors (Lipinski definition) is 4. The minimum absolute atomic E-state index is 0.217. The second-order valence-electron chi connectivity index (χ2n) is 3.95. The van der Waals surface area contributed by atoms with Crippen LogP contribution in [0.4, 0.5) is 18.9 Å². The first-order valence-corrected chi connectivity index (χ1v) is 6.86. The standard InChI is InChI=1S/C10H14F3N3O2S/c1-7(6-10(11,12)13)16-19(17,18)9-8(14-2)4-3-5-15-9/h3-5,7,14,16H,6H2,1-2H3. The summed E-state index contributed by atoms with van der Waals surface area (Å²) in [5, 5.41) is 2.29. The first-order chi connectivity index (χ1) is 8.65. The van der Waals surface area contributed by atoms with Crippen molar-refractivity contribution < 1.29 is 21.6 Å². The predicted octanol–water partition coefficient (Wildman–Crippen LogP) is 1.74. The zero-order chi connectivity index (χ0) is 14.7. The molecule has 0 aliphatic carbocycles. The molecule has 5 nitrogen and oxygen atoms in total. The second kappa shape index (κ2) is 5.74. The quantitative estimate of drug-likeness (QED) is 0.868. The lowest BCUT2D eigenvalue weighted by Gasteiger charge is -2.16. The molecule has 0 bridgehead atoms. The van der Waals surface area contributed by atoms with Crippen molar-refractivity contribution in [2.45, 2.75) is 30.6 Å². The Labute approximate surface area is 109 Å². The average Bonchev–Trinajstić information content (AvgIpc) is 2.25. The van der Waals surface area contributed by atoms with Crippen molar-refractivity contribution in [2.24, 2.45) is 0 Å². The van der Waals surface area contributed by atoms with Crippen LogP contribution in [0.3, 0.4) is 0 Å². The predicted molar refractivity (Wildman–Crippen MR) is 64.2 cm³/mol. The Bertz CT molecular complexity index is 531. The van der Waals surface area contributed by atoms with Crippen molar-refractivity contribution in [1.82, 2.24) is 9.71 Å². The van der Waals surface area contributed by atoms with E-state index in [1.807, 2.05) is 4.72 Å². The summed E-state index contributed by atoms with van der Waals surface area (Å²) in [6.07, 6.45) is -4.42. The molecule has 0 aliphatic rings. The molecule has 0 saturated heterocycles. The Morgan fingerprint density at radius 2 is 2.05 bits per heavy atom. The number of nitrogens with zero attached hydrogens (tertiary/aromatic N) is 1. The van der Waals surface area contributed by atoms with Gasteiger partial charge in [0.05, 0.1) is 12.1 Å². The van der Waals surface area contributed by atoms with Crippen LogP contribution < -0.4 is 10.0 Å². The monoisotopic (exact) mass is 297 g/mol. The third kappa shape index (κ3) is 4.67. The van der Waals surface area contributed by atoms with E-state index in [1.54, 1.807) is 0 Å². The molecule has 1 rings (SSSR count). The van der Waals surface area contributed by atoms with E-state index in [9.17, 15) is 21.6 Å². The zero-order valence-corrected chi connectivity index (χ0v) is 11.1. The fraction of sp³-hybridized carbons (Fsp3) is 0.500. The zero-order valence-electron chi connectivity index (χ0n) is 10.3. The lowest BCUT2D eigenvalue weighted by atomic mass is 10.2. The maximum Gasteiger partial charge on any atom is 0.390 e. The number of anilines is 1. The summed E-state index contributed by atoms with van der Waals surface area (Å²) < 4.78 is 62.3. The molecule has 19 heavy (non-hydrogen) atoms. The van der Waals surface area contributed by atoms with Crippen LogP contribution in [-0.4, -0.2) is 32.7 Å². The van der Waals surface area contributed by atoms with Gasteiger partial charge in [-0.05, 0) is 19.1 Å². The highest BCUT2D eigenvalue weighted by Gasteiger charge is 2.32. The molecule has 1 aromatic heterocycles. The molecule has 0 aromatic carbocycles. The van der Waals surface area contributed by atoms with Crippen molar-refractivity contribution in [3.8, 4) is 0 Å². The van der Waals surface area contributed by atoms with Gasteiger partial charge in [0.25, 0.3) is 10.0 Å². The highest BCUT2D eigenvalue weighted by Crippen LogP contribution is 2.23. The maximum atomic E-state index is 12.2. The van der Waals surface area contributed by atoms with Crippen LogP contribution in [0.2, 0.25) is 0 Å². The fourth-order valence-electron chi connectivity index (χ4n) is 1.50. The molecule has 0 fully saturated rings. The van der Waals surface area contributed by atoms with Crippen LogP contribution in [0.15, 0.2) is 23.4 Å². The summed E-state index contributed by atoms with van der Waals surface area (Å²) in [5.74, 6) is 0. The van der Waals surface area contributed by atoms with Gasteiger partial charge >= 0.3 is 6.18 Å². The van der Waals surface area contributed by atoms with E-state index in [2.05, 4.69) is 10.3 Å². The van der Waals surface area contributed by atoms with Crippen LogP contribution in [0.25, 0.3) is 0 Å². The Balaban J connectivity index is 2.93. The van der Waals surface area contributed by atoms with Gasteiger partial charge in [-0.3, -0.25) is 0 Å². The smallest absolute Gasteiger partial charge is 0.386 e. The van der Waals surface area contributed by atoms with E-state index >= 15 is 0 Å². The molecule has 1 aromatic rings. The minimum Gasteiger partial charge on any atom is -0.386 e. The lowest BCUT2D eigenvalue weighted by molar-refractivity contribution is -0.137. The number of alkyl halides is 3. The van der Waals surface area contributed by atoms with Gasteiger partial charge in [-0.2, -0.15) is 13.2 Å². The van der Waals surface area contributed by atoms with Crippen molar-refractivity contribution in [1.29, 1.82) is 0 Å². The van der Waals surface area contributed by atoms with E-state index in [4.69, 9.17) is 0 Å². The van der Waals surface area contributed by atoms with Crippen molar-refractivity contribution in [3.05, 3.63) is 18.3 Å². The minimum atomic E-state index is -4.43. The van der Waals surface area contributed by atoms with Crippen LogP contribution >= 0.6 is 0 Å². The lowest BCUT2D eigenvalue weighted by Crippen LogP contribution is -2.36. The number of halogens is 3. The van der Waals surface area contributed by atoms with Crippen LogP contribution in [0.1, 0.15) is 13.3 Å². The first-order valence-electron chi connectivity index (χ1n) is 5.37. The highest BCUT2D eigenvalue weighted by atomic mass is 32.2. The third-order valence-corrected chi connectivity index (χ3v) is 3.74. The normalized spacial score (nSPS) is 14.2. The highest BCUT2D eigenvalue weighted by molar-refractivity contribution is 7.89. The van der Waals surface area contributed by atoms with Crippen molar-refractivity contribution in [3.63, 3.8) is 0 Å². The molecular weight excluding hydrogens is 283 g/mol. The van der Waals surface area contributed by atoms with Gasteiger partial charge in [0, 0.05) is 19.3 Å². The molecule has 0 amide bonds. The molecule has 1 atom stereocenters. The van der Waals surface area contributed by atoms with Gasteiger partial charge in [0.1, 0.15) is 0 Å². The van der Waals surface area contributed by atoms with Gasteiger partial charge in [-0.1, -0.05) is 0 Å². The number of nitrogens with one attached hydrogen (secondary N) is 2. The molecule has 1 unspecified atom stereocenters. The number of hydrogen-bond donors (Lipinski definition) is 2. The van der Waals surface area contributed by atoms with Crippen LogP contribution in [0.5, 0.6) is 0 Å². The molecule has 9 heteroatoms. The summed E-state index contributed by atoms with van der Waals surface area (Å²) in [4.78, 5) is 3.68. The molecule has 0 saturated carbocycles. The summed E-state index contributed by atoms with van der Waals surface area (Å²) in [6, 6.07) is 1.72. The Morgan fingerprint density at radius 3 is 2.58 bits per heavy atom. The van der Waals surface area contributed by atoms with Crippen molar-refractivity contribution in [2.75, 3.05) is 12.4 Å². The van der Waals surface area contributed by atoms with E-state index < -0.39 is 28.7 Å². The Kier molecular flexibility index (Phi) is 4.75. The maximum absolute atomic E-state index is 12.2. The van der Waals surface area contributed by atoms with Gasteiger partial charge < -0.3 is 5.32 Å². The molecule has 1 heterocycles. The summed E-state index contributed by atoms with van der Waals surface area (Å²) in [7, 11) is -2.60. The van der Waals surface area contributed by atoms with E-state index in [1.165, 1.54) is 25.4 Å². The molecule has 0 spiro atoms. The van der Waals surface area contributed by atoms with E-state index in [0.717, 1.165) is 6.92 Å². The van der Waals surface area contributed by atoms with Crippen LogP contribution in [-0.2, 0) is 10.0 Å². The largest absolute Gasteiger partial charge is 0.390 e. The second-order valence-corrected chi connectivity index (χ2v) is 5.58. The molecular formula is C10H14F3N3O2S.